The molecule has 1 aromatic carbocycles. The summed E-state index contributed by atoms with van der Waals surface area (Å²) in [7, 11) is 4.14. The van der Waals surface area contributed by atoms with Crippen LogP contribution in [0.15, 0.2) is 42.0 Å². The molecule has 0 bridgehead atoms. The average Bonchev–Trinajstić information content (AvgIpc) is 2.51. The predicted molar refractivity (Wildman–Crippen MR) is 90.6 cm³/mol. The van der Waals surface area contributed by atoms with Crippen LogP contribution in [0.2, 0.25) is 0 Å². The van der Waals surface area contributed by atoms with E-state index in [1.807, 2.05) is 38.1 Å². The number of carbonyl (C=O) groups excluding carboxylic acids is 1. The van der Waals surface area contributed by atoms with Crippen molar-refractivity contribution in [3.63, 3.8) is 0 Å². The minimum Gasteiger partial charge on any atom is -0.307 e. The van der Waals surface area contributed by atoms with E-state index in [2.05, 4.69) is 45.0 Å². The first-order valence-electron chi connectivity index (χ1n) is 7.78. The van der Waals surface area contributed by atoms with Gasteiger partial charge in [0.25, 0.3) is 0 Å². The zero-order valence-corrected chi connectivity index (χ0v) is 14.3. The molecule has 0 aliphatic heterocycles. The number of carbonyl (C=O) groups is 1. The molecule has 0 N–H and O–H groups in total. The van der Waals surface area contributed by atoms with Crippen molar-refractivity contribution >= 4 is 5.78 Å². The highest BCUT2D eigenvalue weighted by Gasteiger charge is 2.40. The molecule has 0 aromatic heterocycles. The van der Waals surface area contributed by atoms with Crippen molar-refractivity contribution in [2.24, 2.45) is 0 Å². The van der Waals surface area contributed by atoms with E-state index in [1.165, 1.54) is 0 Å². The first-order chi connectivity index (χ1) is 9.89. The van der Waals surface area contributed by atoms with Crippen LogP contribution in [0.3, 0.4) is 0 Å². The van der Waals surface area contributed by atoms with Gasteiger partial charge in [0.15, 0.2) is 5.78 Å². The Hall–Kier alpha value is -1.41. The Bertz CT molecular complexity index is 490. The lowest BCUT2D eigenvalue weighted by Gasteiger charge is -2.36. The Kier molecular flexibility index (Phi) is 6.35. The van der Waals surface area contributed by atoms with Crippen molar-refractivity contribution in [3.8, 4) is 0 Å². The lowest BCUT2D eigenvalue weighted by atomic mass is 9.68. The third kappa shape index (κ3) is 3.82. The third-order valence-electron chi connectivity index (χ3n) is 4.68. The van der Waals surface area contributed by atoms with E-state index in [4.69, 9.17) is 0 Å². The third-order valence-corrected chi connectivity index (χ3v) is 4.68. The SMILES string of the molecule is C/C=C(\C)C(=O)[C@@](CC)(C[C@H](C)N(C)C)c1ccccc1. The van der Waals surface area contributed by atoms with Crippen LogP contribution in [0.1, 0.15) is 46.1 Å². The van der Waals surface area contributed by atoms with Crippen molar-refractivity contribution < 1.29 is 4.79 Å². The fraction of sp³-hybridized carbons (Fsp3) is 0.526. The van der Waals surface area contributed by atoms with Gasteiger partial charge in [-0.2, -0.15) is 0 Å². The summed E-state index contributed by atoms with van der Waals surface area (Å²) in [5.41, 5.74) is 1.56. The van der Waals surface area contributed by atoms with Crippen LogP contribution in [-0.2, 0) is 10.2 Å². The van der Waals surface area contributed by atoms with Gasteiger partial charge in [0.05, 0.1) is 5.41 Å². The monoisotopic (exact) mass is 287 g/mol. The number of nitrogens with zero attached hydrogens (tertiary/aromatic N) is 1. The van der Waals surface area contributed by atoms with Crippen molar-refractivity contribution in [1.29, 1.82) is 0 Å². The highest BCUT2D eigenvalue weighted by molar-refractivity contribution is 6.03. The molecule has 0 amide bonds. The van der Waals surface area contributed by atoms with E-state index >= 15 is 0 Å². The topological polar surface area (TPSA) is 20.3 Å². The van der Waals surface area contributed by atoms with E-state index in [-0.39, 0.29) is 5.78 Å². The van der Waals surface area contributed by atoms with Gasteiger partial charge in [-0.1, -0.05) is 43.3 Å². The Labute approximate surface area is 129 Å². The zero-order chi connectivity index (χ0) is 16.0. The molecule has 0 aliphatic carbocycles. The van der Waals surface area contributed by atoms with E-state index in [0.29, 0.717) is 6.04 Å². The lowest BCUT2D eigenvalue weighted by molar-refractivity contribution is -0.121. The molecule has 0 radical (unpaired) electrons. The molecule has 0 fully saturated rings. The summed E-state index contributed by atoms with van der Waals surface area (Å²) < 4.78 is 0. The number of ketones is 1. The summed E-state index contributed by atoms with van der Waals surface area (Å²) in [6, 6.07) is 10.6. The van der Waals surface area contributed by atoms with Crippen LogP contribution in [-0.4, -0.2) is 30.8 Å². The maximum absolute atomic E-state index is 13.1. The summed E-state index contributed by atoms with van der Waals surface area (Å²) in [6.07, 6.45) is 3.58. The predicted octanol–water partition coefficient (Wildman–Crippen LogP) is 4.21. The summed E-state index contributed by atoms with van der Waals surface area (Å²) in [4.78, 5) is 15.3. The summed E-state index contributed by atoms with van der Waals surface area (Å²) in [5, 5.41) is 0. The molecule has 2 heteroatoms. The summed E-state index contributed by atoms with van der Waals surface area (Å²) in [6.45, 7) is 8.17. The molecular weight excluding hydrogens is 258 g/mol. The number of allylic oxidation sites excluding steroid dienone is 2. The van der Waals surface area contributed by atoms with E-state index in [1.54, 1.807) is 0 Å². The Morgan fingerprint density at radius 3 is 2.29 bits per heavy atom. The lowest BCUT2D eigenvalue weighted by Crippen LogP contribution is -2.42. The number of hydrogen-bond acceptors (Lipinski definition) is 2. The second-order valence-corrected chi connectivity index (χ2v) is 6.12. The maximum Gasteiger partial charge on any atom is 0.168 e. The summed E-state index contributed by atoms with van der Waals surface area (Å²) in [5.74, 6) is 0.257. The second-order valence-electron chi connectivity index (χ2n) is 6.12. The Morgan fingerprint density at radius 1 is 1.29 bits per heavy atom. The van der Waals surface area contributed by atoms with Gasteiger partial charge < -0.3 is 4.90 Å². The number of hydrogen-bond donors (Lipinski definition) is 0. The molecule has 2 nitrogen and oxygen atoms in total. The first kappa shape index (κ1) is 17.6. The quantitative estimate of drug-likeness (QED) is 0.700. The molecule has 1 aromatic rings. The van der Waals surface area contributed by atoms with E-state index < -0.39 is 5.41 Å². The Morgan fingerprint density at radius 2 is 1.86 bits per heavy atom. The van der Waals surface area contributed by atoms with Crippen LogP contribution in [0, 0.1) is 0 Å². The van der Waals surface area contributed by atoms with Crippen molar-refractivity contribution in [1.82, 2.24) is 4.90 Å². The highest BCUT2D eigenvalue weighted by atomic mass is 16.1. The molecular formula is C19H29NO. The number of rotatable bonds is 7. The molecule has 0 saturated heterocycles. The molecule has 0 unspecified atom stereocenters. The second kappa shape index (κ2) is 7.56. The fourth-order valence-corrected chi connectivity index (χ4v) is 2.80. The van der Waals surface area contributed by atoms with Crippen molar-refractivity contribution in [2.75, 3.05) is 14.1 Å². The minimum atomic E-state index is -0.429. The standard InChI is InChI=1S/C19H29NO/c1-7-15(3)18(21)19(8-2,14-16(4)20(5)6)17-12-10-9-11-13-17/h7,9-13,16H,8,14H2,1-6H3/b15-7+/t16-,19-/m0/s1. The van der Waals surface area contributed by atoms with E-state index in [9.17, 15) is 4.79 Å². The van der Waals surface area contributed by atoms with Gasteiger partial charge >= 0.3 is 0 Å². The van der Waals surface area contributed by atoms with Gasteiger partial charge in [-0.3, -0.25) is 4.79 Å². The smallest absolute Gasteiger partial charge is 0.168 e. The normalized spacial score (nSPS) is 16.6. The van der Waals surface area contributed by atoms with Crippen molar-refractivity contribution in [3.05, 3.63) is 47.5 Å². The van der Waals surface area contributed by atoms with Crippen LogP contribution in [0.4, 0.5) is 0 Å². The Balaban J connectivity index is 3.35. The van der Waals surface area contributed by atoms with Crippen LogP contribution >= 0.6 is 0 Å². The molecule has 2 atom stereocenters. The van der Waals surface area contributed by atoms with Crippen LogP contribution in [0.25, 0.3) is 0 Å². The first-order valence-corrected chi connectivity index (χ1v) is 7.78. The fourth-order valence-electron chi connectivity index (χ4n) is 2.80. The van der Waals surface area contributed by atoms with E-state index in [0.717, 1.165) is 24.0 Å². The molecule has 21 heavy (non-hydrogen) atoms. The molecule has 0 heterocycles. The zero-order valence-electron chi connectivity index (χ0n) is 14.3. The van der Waals surface area contributed by atoms with Crippen molar-refractivity contribution in [2.45, 2.75) is 52.0 Å². The number of benzene rings is 1. The van der Waals surface area contributed by atoms with Gasteiger partial charge in [0, 0.05) is 6.04 Å². The molecule has 0 saturated carbocycles. The molecule has 0 aliphatic rings. The molecule has 1 rings (SSSR count). The largest absolute Gasteiger partial charge is 0.307 e. The van der Waals surface area contributed by atoms with Gasteiger partial charge in [0.1, 0.15) is 0 Å². The van der Waals surface area contributed by atoms with Gasteiger partial charge in [-0.25, -0.2) is 0 Å². The molecule has 0 spiro atoms. The van der Waals surface area contributed by atoms with Gasteiger partial charge in [-0.05, 0) is 58.8 Å². The highest BCUT2D eigenvalue weighted by Crippen LogP contribution is 2.37. The minimum absolute atomic E-state index is 0.257. The van der Waals surface area contributed by atoms with Crippen LogP contribution in [0.5, 0.6) is 0 Å². The molecule has 116 valence electrons. The van der Waals surface area contributed by atoms with Gasteiger partial charge in [-0.15, -0.1) is 0 Å². The van der Waals surface area contributed by atoms with Crippen LogP contribution < -0.4 is 0 Å². The average molecular weight is 287 g/mol. The maximum atomic E-state index is 13.1. The number of Topliss-reactive ketones (excluding diaryl/α,β-unsaturated/α-hetero) is 1. The van der Waals surface area contributed by atoms with Gasteiger partial charge in [0.2, 0.25) is 0 Å². The summed E-state index contributed by atoms with van der Waals surface area (Å²) >= 11 is 0.